The number of ether oxygens (including phenoxy) is 1. The number of aromatic nitrogens is 1. The number of ketones is 1. The predicted molar refractivity (Wildman–Crippen MR) is 84.4 cm³/mol. The lowest BCUT2D eigenvalue weighted by Gasteiger charge is -2.36. The number of Topliss-reactive ketones (excluding diaryl/α,β-unsaturated/α-hetero) is 1. The van der Waals surface area contributed by atoms with Crippen LogP contribution in [0.4, 0.5) is 0 Å². The smallest absolute Gasteiger partial charge is 0.196 e. The molecule has 1 aliphatic heterocycles. The van der Waals surface area contributed by atoms with Crippen molar-refractivity contribution in [1.82, 2.24) is 4.98 Å². The van der Waals surface area contributed by atoms with Gasteiger partial charge in [-0.15, -0.1) is 22.9 Å². The summed E-state index contributed by atoms with van der Waals surface area (Å²) in [5.74, 6) is -0.139. The Bertz CT molecular complexity index is 620. The molecule has 0 bridgehead atoms. The number of benzene rings is 1. The minimum atomic E-state index is -0.144. The van der Waals surface area contributed by atoms with Crippen molar-refractivity contribution >= 4 is 28.7 Å². The number of nitrogens with zero attached hydrogens (tertiary/aromatic N) is 1. The number of hydrogen-bond acceptors (Lipinski definition) is 4. The van der Waals surface area contributed by atoms with E-state index in [0.717, 1.165) is 17.8 Å². The van der Waals surface area contributed by atoms with Crippen LogP contribution >= 0.6 is 22.9 Å². The normalized spacial score (nSPS) is 17.6. The monoisotopic (exact) mass is 321 g/mol. The van der Waals surface area contributed by atoms with E-state index in [0.29, 0.717) is 18.9 Å². The van der Waals surface area contributed by atoms with Crippen LogP contribution in [0.25, 0.3) is 0 Å². The van der Waals surface area contributed by atoms with Crippen LogP contribution < -0.4 is 0 Å². The van der Waals surface area contributed by atoms with Gasteiger partial charge in [-0.25, -0.2) is 4.98 Å². The fraction of sp³-hybridized carbons (Fsp3) is 0.375. The molecule has 2 heterocycles. The van der Waals surface area contributed by atoms with Crippen LogP contribution in [0.3, 0.4) is 0 Å². The first-order valence-electron chi connectivity index (χ1n) is 6.95. The molecule has 1 aromatic heterocycles. The topological polar surface area (TPSA) is 39.2 Å². The van der Waals surface area contributed by atoms with Crippen LogP contribution in [0.15, 0.2) is 35.7 Å². The lowest BCUT2D eigenvalue weighted by atomic mass is 9.74. The molecular weight excluding hydrogens is 306 g/mol. The van der Waals surface area contributed by atoms with Gasteiger partial charge in [0.05, 0.1) is 11.3 Å². The Balaban J connectivity index is 2.04. The van der Waals surface area contributed by atoms with Gasteiger partial charge < -0.3 is 4.74 Å². The Hall–Kier alpha value is -1.23. The summed E-state index contributed by atoms with van der Waals surface area (Å²) in [4.78, 5) is 16.3. The van der Waals surface area contributed by atoms with Crippen molar-refractivity contribution in [1.29, 1.82) is 0 Å². The molecule has 1 fully saturated rings. The molecule has 0 amide bonds. The average molecular weight is 322 g/mol. The number of thiazole rings is 1. The van der Waals surface area contributed by atoms with Crippen molar-refractivity contribution in [2.45, 2.75) is 18.3 Å². The van der Waals surface area contributed by atoms with Gasteiger partial charge in [0.15, 0.2) is 5.78 Å². The van der Waals surface area contributed by atoms with Crippen molar-refractivity contribution < 1.29 is 9.53 Å². The molecule has 21 heavy (non-hydrogen) atoms. The van der Waals surface area contributed by atoms with E-state index in [1.54, 1.807) is 11.3 Å². The first kappa shape index (κ1) is 14.7. The zero-order valence-corrected chi connectivity index (χ0v) is 13.1. The molecule has 1 aromatic carbocycles. The van der Waals surface area contributed by atoms with Gasteiger partial charge in [0.2, 0.25) is 0 Å². The summed E-state index contributed by atoms with van der Waals surface area (Å²) in [5, 5.41) is 2.81. The van der Waals surface area contributed by atoms with Crippen LogP contribution in [0.5, 0.6) is 0 Å². The SMILES string of the molecule is O=C(CCl)c1csc(C2(c3ccccc3)CCOCC2)n1. The number of hydrogen-bond donors (Lipinski definition) is 0. The second-order valence-electron chi connectivity index (χ2n) is 5.16. The average Bonchev–Trinajstić information content (AvgIpc) is 3.06. The van der Waals surface area contributed by atoms with Crippen LogP contribution in [0, 0.1) is 0 Å². The highest BCUT2D eigenvalue weighted by Crippen LogP contribution is 2.42. The number of alkyl halides is 1. The highest BCUT2D eigenvalue weighted by atomic mass is 35.5. The summed E-state index contributed by atoms with van der Waals surface area (Å²) in [7, 11) is 0. The van der Waals surface area contributed by atoms with Gasteiger partial charge in [0.25, 0.3) is 0 Å². The second kappa shape index (κ2) is 6.26. The number of halogens is 1. The maximum Gasteiger partial charge on any atom is 0.196 e. The van der Waals surface area contributed by atoms with Gasteiger partial charge in [-0.05, 0) is 18.4 Å². The summed E-state index contributed by atoms with van der Waals surface area (Å²) in [6.45, 7) is 1.43. The quantitative estimate of drug-likeness (QED) is 0.637. The van der Waals surface area contributed by atoms with Gasteiger partial charge in [-0.1, -0.05) is 30.3 Å². The molecule has 0 saturated carbocycles. The van der Waals surface area contributed by atoms with E-state index >= 15 is 0 Å². The molecule has 5 heteroatoms. The minimum absolute atomic E-state index is 0.0232. The molecule has 1 aliphatic rings. The third kappa shape index (κ3) is 2.76. The Morgan fingerprint density at radius 3 is 2.67 bits per heavy atom. The van der Waals surface area contributed by atoms with E-state index in [4.69, 9.17) is 16.3 Å². The van der Waals surface area contributed by atoms with Gasteiger partial charge in [-0.3, -0.25) is 4.79 Å². The summed E-state index contributed by atoms with van der Waals surface area (Å²) < 4.78 is 5.53. The molecule has 0 N–H and O–H groups in total. The minimum Gasteiger partial charge on any atom is -0.381 e. The van der Waals surface area contributed by atoms with E-state index in [9.17, 15) is 4.79 Å². The van der Waals surface area contributed by atoms with E-state index in [2.05, 4.69) is 17.1 Å². The van der Waals surface area contributed by atoms with E-state index in [1.807, 2.05) is 23.6 Å². The van der Waals surface area contributed by atoms with Crippen LogP contribution in [0.2, 0.25) is 0 Å². The Labute approximate surface area is 132 Å². The van der Waals surface area contributed by atoms with Crippen LogP contribution in [0.1, 0.15) is 33.9 Å². The summed E-state index contributed by atoms with van der Waals surface area (Å²) in [6.07, 6.45) is 1.78. The molecule has 0 unspecified atom stereocenters. The molecule has 3 nitrogen and oxygen atoms in total. The van der Waals surface area contributed by atoms with E-state index in [1.165, 1.54) is 5.56 Å². The first-order chi connectivity index (χ1) is 10.3. The molecule has 1 saturated heterocycles. The van der Waals surface area contributed by atoms with Crippen LogP contribution in [-0.4, -0.2) is 29.9 Å². The largest absolute Gasteiger partial charge is 0.381 e. The van der Waals surface area contributed by atoms with Gasteiger partial charge >= 0.3 is 0 Å². The molecule has 2 aromatic rings. The van der Waals surface area contributed by atoms with Gasteiger partial charge in [0, 0.05) is 18.6 Å². The lowest BCUT2D eigenvalue weighted by molar-refractivity contribution is 0.0630. The molecule has 3 rings (SSSR count). The number of carbonyl (C=O) groups is 1. The highest BCUT2D eigenvalue weighted by molar-refractivity contribution is 7.10. The van der Waals surface area contributed by atoms with Gasteiger partial charge in [-0.2, -0.15) is 0 Å². The third-order valence-electron chi connectivity index (χ3n) is 3.99. The zero-order valence-electron chi connectivity index (χ0n) is 11.5. The Morgan fingerprint density at radius 2 is 2.00 bits per heavy atom. The molecule has 0 radical (unpaired) electrons. The fourth-order valence-corrected chi connectivity index (χ4v) is 4.04. The fourth-order valence-electron chi connectivity index (χ4n) is 2.79. The molecule has 0 spiro atoms. The van der Waals surface area contributed by atoms with Gasteiger partial charge in [0.1, 0.15) is 10.7 Å². The second-order valence-corrected chi connectivity index (χ2v) is 6.28. The summed E-state index contributed by atoms with van der Waals surface area (Å²) in [5.41, 5.74) is 1.58. The summed E-state index contributed by atoms with van der Waals surface area (Å²) in [6, 6.07) is 10.4. The van der Waals surface area contributed by atoms with Crippen molar-refractivity contribution in [2.75, 3.05) is 19.1 Å². The first-order valence-corrected chi connectivity index (χ1v) is 8.36. The van der Waals surface area contributed by atoms with Crippen molar-refractivity contribution in [2.24, 2.45) is 0 Å². The third-order valence-corrected chi connectivity index (χ3v) is 5.28. The highest BCUT2D eigenvalue weighted by Gasteiger charge is 2.39. The number of carbonyl (C=O) groups excluding carboxylic acids is 1. The van der Waals surface area contributed by atoms with Crippen molar-refractivity contribution in [3.8, 4) is 0 Å². The number of rotatable bonds is 4. The molecule has 0 aliphatic carbocycles. The van der Waals surface area contributed by atoms with Crippen LogP contribution in [-0.2, 0) is 10.2 Å². The van der Waals surface area contributed by atoms with E-state index < -0.39 is 0 Å². The Morgan fingerprint density at radius 1 is 1.29 bits per heavy atom. The maximum absolute atomic E-state index is 11.7. The lowest BCUT2D eigenvalue weighted by Crippen LogP contribution is -2.35. The maximum atomic E-state index is 11.7. The van der Waals surface area contributed by atoms with E-state index in [-0.39, 0.29) is 17.1 Å². The molecular formula is C16H16ClNO2S. The molecule has 110 valence electrons. The molecule has 0 atom stereocenters. The standard InChI is InChI=1S/C16H16ClNO2S/c17-10-14(19)13-11-21-15(18-13)16(6-8-20-9-7-16)12-4-2-1-3-5-12/h1-5,11H,6-10H2. The summed E-state index contributed by atoms with van der Waals surface area (Å²) >= 11 is 7.18. The Kier molecular flexibility index (Phi) is 4.38. The zero-order chi connectivity index (χ0) is 14.7. The predicted octanol–water partition coefficient (Wildman–Crippen LogP) is 3.66. The van der Waals surface area contributed by atoms with Crippen molar-refractivity contribution in [3.05, 3.63) is 52.0 Å². The van der Waals surface area contributed by atoms with Crippen molar-refractivity contribution in [3.63, 3.8) is 0 Å².